The SMILES string of the molecule is N=C([O-])N(c1ccccc1)c1ccccc1.[Na+]. The molecular formula is C13H11N2NaO. The molecule has 0 fully saturated rings. The predicted molar refractivity (Wildman–Crippen MR) is 62.7 cm³/mol. The van der Waals surface area contributed by atoms with Crippen LogP contribution in [0.15, 0.2) is 60.7 Å². The van der Waals surface area contributed by atoms with Crippen molar-refractivity contribution in [2.24, 2.45) is 0 Å². The number of nitrogens with zero attached hydrogens (tertiary/aromatic N) is 1. The van der Waals surface area contributed by atoms with Crippen molar-refractivity contribution in [1.82, 2.24) is 0 Å². The summed E-state index contributed by atoms with van der Waals surface area (Å²) in [5.41, 5.74) is 1.41. The molecule has 0 unspecified atom stereocenters. The van der Waals surface area contributed by atoms with E-state index in [0.29, 0.717) is 11.4 Å². The van der Waals surface area contributed by atoms with Gasteiger partial charge in [-0.2, -0.15) is 0 Å². The Labute approximate surface area is 123 Å². The van der Waals surface area contributed by atoms with Crippen molar-refractivity contribution in [2.75, 3.05) is 4.90 Å². The zero-order chi connectivity index (χ0) is 11.4. The van der Waals surface area contributed by atoms with Gasteiger partial charge < -0.3 is 10.0 Å². The first kappa shape index (κ1) is 13.8. The summed E-state index contributed by atoms with van der Waals surface area (Å²) in [6.45, 7) is 0. The smallest absolute Gasteiger partial charge is 0.846 e. The summed E-state index contributed by atoms with van der Waals surface area (Å²) in [5.74, 6) is 0. The molecule has 0 amide bonds. The molecule has 2 rings (SSSR count). The van der Waals surface area contributed by atoms with Crippen LogP contribution in [0.5, 0.6) is 0 Å². The van der Waals surface area contributed by atoms with E-state index in [4.69, 9.17) is 5.41 Å². The topological polar surface area (TPSA) is 50.1 Å². The molecule has 0 aliphatic heterocycles. The molecule has 0 aliphatic rings. The molecule has 2 aromatic carbocycles. The maximum Gasteiger partial charge on any atom is 1.00 e. The van der Waals surface area contributed by atoms with Gasteiger partial charge in [-0.15, -0.1) is 0 Å². The molecule has 3 nitrogen and oxygen atoms in total. The van der Waals surface area contributed by atoms with Crippen molar-refractivity contribution in [3.8, 4) is 0 Å². The van der Waals surface area contributed by atoms with Crippen LogP contribution in [0.2, 0.25) is 0 Å². The molecule has 0 atom stereocenters. The Morgan fingerprint density at radius 1 is 0.824 bits per heavy atom. The monoisotopic (exact) mass is 234 g/mol. The average molecular weight is 234 g/mol. The van der Waals surface area contributed by atoms with Gasteiger partial charge in [-0.05, 0) is 24.3 Å². The normalized spacial score (nSPS) is 9.18. The molecule has 80 valence electrons. The van der Waals surface area contributed by atoms with E-state index in [0.717, 1.165) is 0 Å². The summed E-state index contributed by atoms with van der Waals surface area (Å²) >= 11 is 0. The van der Waals surface area contributed by atoms with Crippen LogP contribution in [0.4, 0.5) is 11.4 Å². The zero-order valence-corrected chi connectivity index (χ0v) is 11.6. The van der Waals surface area contributed by atoms with E-state index in [1.54, 1.807) is 24.3 Å². The van der Waals surface area contributed by atoms with Crippen LogP contribution < -0.4 is 39.6 Å². The van der Waals surface area contributed by atoms with E-state index in [1.807, 2.05) is 36.4 Å². The van der Waals surface area contributed by atoms with E-state index in [1.165, 1.54) is 4.90 Å². The molecule has 0 aliphatic carbocycles. The van der Waals surface area contributed by atoms with Crippen LogP contribution in [0.1, 0.15) is 0 Å². The third-order valence-electron chi connectivity index (χ3n) is 2.23. The molecule has 0 saturated heterocycles. The number of para-hydroxylation sites is 2. The van der Waals surface area contributed by atoms with Gasteiger partial charge in [0.15, 0.2) is 0 Å². The second-order valence-electron chi connectivity index (χ2n) is 3.31. The van der Waals surface area contributed by atoms with Crippen LogP contribution >= 0.6 is 0 Å². The van der Waals surface area contributed by atoms with Crippen molar-refractivity contribution >= 4 is 17.4 Å². The Hall–Kier alpha value is -1.29. The number of hydrogen-bond acceptors (Lipinski definition) is 2. The molecule has 0 bridgehead atoms. The molecule has 2 aromatic rings. The van der Waals surface area contributed by atoms with Gasteiger partial charge in [0.1, 0.15) is 0 Å². The van der Waals surface area contributed by atoms with Crippen LogP contribution in [0.25, 0.3) is 0 Å². The molecule has 0 aromatic heterocycles. The summed E-state index contributed by atoms with van der Waals surface area (Å²) in [6, 6.07) is 17.6. The fourth-order valence-corrected chi connectivity index (χ4v) is 1.54. The predicted octanol–water partition coefficient (Wildman–Crippen LogP) is -0.876. The third-order valence-corrected chi connectivity index (χ3v) is 2.23. The standard InChI is InChI=1S/C13H12N2O.Na/c14-13(16)15(11-7-3-1-4-8-11)12-9-5-2-6-10-12;/h1-10H,(H2,14,16);/q;+1/p-1. The maximum absolute atomic E-state index is 11.3. The number of amidine groups is 1. The summed E-state index contributed by atoms with van der Waals surface area (Å²) < 4.78 is 0. The largest absolute Gasteiger partial charge is 1.00 e. The fourth-order valence-electron chi connectivity index (χ4n) is 1.54. The first-order valence-electron chi connectivity index (χ1n) is 4.95. The van der Waals surface area contributed by atoms with Gasteiger partial charge in [0.05, 0.1) is 6.02 Å². The van der Waals surface area contributed by atoms with E-state index < -0.39 is 6.02 Å². The second kappa shape index (κ2) is 6.45. The molecule has 17 heavy (non-hydrogen) atoms. The zero-order valence-electron chi connectivity index (χ0n) is 9.63. The molecule has 0 heterocycles. The van der Waals surface area contributed by atoms with Crippen LogP contribution in [0.3, 0.4) is 0 Å². The minimum Gasteiger partial charge on any atom is -0.846 e. The summed E-state index contributed by atoms with van der Waals surface area (Å²) in [4.78, 5) is 1.36. The van der Waals surface area contributed by atoms with Crippen LogP contribution in [-0.4, -0.2) is 6.02 Å². The molecule has 4 heteroatoms. The van der Waals surface area contributed by atoms with E-state index in [9.17, 15) is 5.11 Å². The molecule has 0 saturated carbocycles. The van der Waals surface area contributed by atoms with Gasteiger partial charge in [0.25, 0.3) is 0 Å². The number of hydrogen-bond donors (Lipinski definition) is 1. The minimum absolute atomic E-state index is 0. The quantitative estimate of drug-likeness (QED) is 0.417. The Morgan fingerprint density at radius 2 is 1.18 bits per heavy atom. The van der Waals surface area contributed by atoms with Crippen molar-refractivity contribution in [3.63, 3.8) is 0 Å². The van der Waals surface area contributed by atoms with Crippen LogP contribution in [0, 0.1) is 5.41 Å². The minimum atomic E-state index is -0.739. The van der Waals surface area contributed by atoms with Gasteiger partial charge in [-0.25, -0.2) is 0 Å². The van der Waals surface area contributed by atoms with Crippen molar-refractivity contribution in [2.45, 2.75) is 0 Å². The number of benzene rings is 2. The summed E-state index contributed by atoms with van der Waals surface area (Å²) in [7, 11) is 0. The third kappa shape index (κ3) is 3.33. The average Bonchev–Trinajstić information content (AvgIpc) is 2.31. The van der Waals surface area contributed by atoms with Crippen molar-refractivity contribution in [3.05, 3.63) is 60.7 Å². The number of nitrogens with one attached hydrogen (secondary N) is 1. The molecule has 0 radical (unpaired) electrons. The van der Waals surface area contributed by atoms with Gasteiger partial charge in [-0.3, -0.25) is 5.41 Å². The van der Waals surface area contributed by atoms with E-state index in [-0.39, 0.29) is 29.6 Å². The van der Waals surface area contributed by atoms with Crippen LogP contribution in [-0.2, 0) is 0 Å². The first-order chi connectivity index (χ1) is 7.79. The van der Waals surface area contributed by atoms with Crippen molar-refractivity contribution in [1.29, 1.82) is 5.41 Å². The Balaban J connectivity index is 0.00000144. The van der Waals surface area contributed by atoms with Gasteiger partial charge in [-0.1, -0.05) is 36.4 Å². The summed E-state index contributed by atoms with van der Waals surface area (Å²) in [6.07, 6.45) is 0. The second-order valence-corrected chi connectivity index (χ2v) is 3.31. The number of rotatable bonds is 2. The van der Waals surface area contributed by atoms with Gasteiger partial charge >= 0.3 is 29.6 Å². The summed E-state index contributed by atoms with van der Waals surface area (Å²) in [5, 5.41) is 18.6. The van der Waals surface area contributed by atoms with Crippen molar-refractivity contribution < 1.29 is 34.7 Å². The maximum atomic E-state index is 11.3. The van der Waals surface area contributed by atoms with E-state index in [2.05, 4.69) is 0 Å². The Kier molecular flexibility index (Phi) is 5.22. The number of anilines is 2. The molecule has 1 N–H and O–H groups in total. The van der Waals surface area contributed by atoms with E-state index >= 15 is 0 Å². The fraction of sp³-hybridized carbons (Fsp3) is 0. The van der Waals surface area contributed by atoms with Gasteiger partial charge in [0.2, 0.25) is 0 Å². The molecule has 0 spiro atoms. The Bertz CT molecular complexity index is 434. The van der Waals surface area contributed by atoms with Gasteiger partial charge in [0, 0.05) is 11.4 Å². The first-order valence-corrected chi connectivity index (χ1v) is 4.95. The Morgan fingerprint density at radius 3 is 1.47 bits per heavy atom. The molecular weight excluding hydrogens is 223 g/mol.